The molecule has 2 N–H and O–H groups in total. The Balaban J connectivity index is 1.58. The predicted octanol–water partition coefficient (Wildman–Crippen LogP) is 2.10. The number of rotatable bonds is 8. The summed E-state index contributed by atoms with van der Waals surface area (Å²) in [5, 5.41) is 5.48. The molecule has 9 heteroatoms. The highest BCUT2D eigenvalue weighted by atomic mass is 32.2. The molecule has 3 rings (SSSR count). The monoisotopic (exact) mass is 436 g/mol. The molecule has 8 nitrogen and oxygen atoms in total. The molecule has 0 atom stereocenters. The summed E-state index contributed by atoms with van der Waals surface area (Å²) in [4.78, 5) is 26.5. The number of fused-ring (bicyclic) bond motifs is 1. The van der Waals surface area contributed by atoms with E-state index in [0.717, 1.165) is 18.4 Å². The van der Waals surface area contributed by atoms with Crippen LogP contribution in [-0.2, 0) is 21.2 Å². The number of amides is 3. The van der Waals surface area contributed by atoms with E-state index in [1.165, 1.54) is 17.1 Å². The lowest BCUT2D eigenvalue weighted by atomic mass is 10.1. The Kier molecular flexibility index (Phi) is 7.36. The first kappa shape index (κ1) is 22.6. The van der Waals surface area contributed by atoms with Crippen LogP contribution in [0.15, 0.2) is 23.1 Å². The average molecular weight is 437 g/mol. The van der Waals surface area contributed by atoms with Crippen LogP contribution in [0.1, 0.15) is 45.1 Å². The van der Waals surface area contributed by atoms with Crippen molar-refractivity contribution in [2.24, 2.45) is 5.92 Å². The molecule has 1 fully saturated rings. The fourth-order valence-corrected chi connectivity index (χ4v) is 5.78. The fourth-order valence-electron chi connectivity index (χ4n) is 4.28. The second-order valence-corrected chi connectivity index (χ2v) is 9.83. The van der Waals surface area contributed by atoms with Crippen molar-refractivity contribution < 1.29 is 18.0 Å². The highest BCUT2D eigenvalue weighted by Crippen LogP contribution is 2.31. The number of benzene rings is 1. The minimum Gasteiger partial charge on any atom is -0.338 e. The van der Waals surface area contributed by atoms with Crippen molar-refractivity contribution in [3.8, 4) is 0 Å². The van der Waals surface area contributed by atoms with Crippen LogP contribution in [0, 0.1) is 5.92 Å². The first-order chi connectivity index (χ1) is 14.4. The Labute approximate surface area is 179 Å². The van der Waals surface area contributed by atoms with Crippen molar-refractivity contribution in [1.29, 1.82) is 0 Å². The highest BCUT2D eigenvalue weighted by Gasteiger charge is 2.28. The molecule has 1 aliphatic carbocycles. The average Bonchev–Trinajstić information content (AvgIpc) is 3.40. The molecule has 1 aromatic carbocycles. The van der Waals surface area contributed by atoms with Crippen molar-refractivity contribution in [1.82, 2.24) is 14.9 Å². The molecule has 1 aromatic rings. The lowest BCUT2D eigenvalue weighted by Crippen LogP contribution is -2.44. The minimum atomic E-state index is -3.53. The Hall–Kier alpha value is -2.13. The maximum atomic E-state index is 12.7. The van der Waals surface area contributed by atoms with Gasteiger partial charge in [-0.15, -0.1) is 0 Å². The van der Waals surface area contributed by atoms with E-state index in [1.807, 2.05) is 13.8 Å². The zero-order valence-corrected chi connectivity index (χ0v) is 18.6. The molecule has 0 aromatic heterocycles. The molecule has 30 heavy (non-hydrogen) atoms. The third-order valence-electron chi connectivity index (χ3n) is 6.02. The van der Waals surface area contributed by atoms with Gasteiger partial charge < -0.3 is 15.5 Å². The van der Waals surface area contributed by atoms with E-state index in [9.17, 15) is 18.0 Å². The Morgan fingerprint density at radius 1 is 1.13 bits per heavy atom. The summed E-state index contributed by atoms with van der Waals surface area (Å²) in [6.45, 7) is 5.49. The summed E-state index contributed by atoms with van der Waals surface area (Å²) in [6.07, 6.45) is 5.33. The summed E-state index contributed by atoms with van der Waals surface area (Å²) < 4.78 is 26.9. The van der Waals surface area contributed by atoms with Crippen LogP contribution >= 0.6 is 0 Å². The molecule has 1 heterocycles. The molecule has 0 unspecified atom stereocenters. The number of hydrogen-bond acceptors (Lipinski definition) is 4. The van der Waals surface area contributed by atoms with Gasteiger partial charge >= 0.3 is 6.03 Å². The summed E-state index contributed by atoms with van der Waals surface area (Å²) >= 11 is 0. The summed E-state index contributed by atoms with van der Waals surface area (Å²) in [7, 11) is -3.53. The smallest absolute Gasteiger partial charge is 0.315 e. The number of urea groups is 1. The largest absolute Gasteiger partial charge is 0.338 e. The number of carbonyl (C=O) groups excluding carboxylic acids is 2. The van der Waals surface area contributed by atoms with Gasteiger partial charge in [0.25, 0.3) is 0 Å². The number of carbonyl (C=O) groups is 2. The quantitative estimate of drug-likeness (QED) is 0.652. The molecule has 3 amide bonds. The number of nitrogens with zero attached hydrogens (tertiary/aromatic N) is 2. The second-order valence-electron chi connectivity index (χ2n) is 7.89. The second kappa shape index (κ2) is 9.78. The molecular weight excluding hydrogens is 404 g/mol. The van der Waals surface area contributed by atoms with Gasteiger partial charge in [0, 0.05) is 31.9 Å². The van der Waals surface area contributed by atoms with Gasteiger partial charge in [0.2, 0.25) is 15.9 Å². The van der Waals surface area contributed by atoms with Gasteiger partial charge in [0.05, 0.1) is 11.4 Å². The van der Waals surface area contributed by atoms with E-state index < -0.39 is 10.0 Å². The van der Waals surface area contributed by atoms with Crippen LogP contribution in [0.4, 0.5) is 10.5 Å². The lowest BCUT2D eigenvalue weighted by molar-refractivity contribution is -0.117. The summed E-state index contributed by atoms with van der Waals surface area (Å²) in [5.74, 6) is 0.336. The molecular formula is C21H32N4O4S. The third-order valence-corrected chi connectivity index (χ3v) is 8.06. The van der Waals surface area contributed by atoms with E-state index in [4.69, 9.17) is 0 Å². The normalized spacial score (nSPS) is 16.7. The number of hydrogen-bond donors (Lipinski definition) is 2. The number of anilines is 1. The summed E-state index contributed by atoms with van der Waals surface area (Å²) in [5.41, 5.74) is 1.55. The SMILES string of the molecule is CCN(CC)S(=O)(=O)c1ccc2c(c1)CCN2C(=O)CNC(=O)NCC1CCCC1. The van der Waals surface area contributed by atoms with Crippen LogP contribution in [-0.4, -0.2) is 57.4 Å². The third kappa shape index (κ3) is 4.95. The Morgan fingerprint density at radius 3 is 2.50 bits per heavy atom. The maximum Gasteiger partial charge on any atom is 0.315 e. The molecule has 0 bridgehead atoms. The Bertz CT molecular complexity index is 877. The maximum absolute atomic E-state index is 12.7. The zero-order chi connectivity index (χ0) is 21.7. The van der Waals surface area contributed by atoms with Gasteiger partial charge in [-0.3, -0.25) is 4.79 Å². The van der Waals surface area contributed by atoms with E-state index in [2.05, 4.69) is 10.6 Å². The van der Waals surface area contributed by atoms with Crippen LogP contribution in [0.5, 0.6) is 0 Å². The fraction of sp³-hybridized carbons (Fsp3) is 0.619. The van der Waals surface area contributed by atoms with Crippen LogP contribution in [0.25, 0.3) is 0 Å². The predicted molar refractivity (Wildman–Crippen MR) is 116 cm³/mol. The first-order valence-electron chi connectivity index (χ1n) is 10.8. The highest BCUT2D eigenvalue weighted by molar-refractivity contribution is 7.89. The molecule has 1 aliphatic heterocycles. The van der Waals surface area contributed by atoms with Crippen molar-refractivity contribution in [3.63, 3.8) is 0 Å². The van der Waals surface area contributed by atoms with Crippen LogP contribution in [0.2, 0.25) is 0 Å². The van der Waals surface area contributed by atoms with E-state index >= 15 is 0 Å². The molecule has 0 spiro atoms. The topological polar surface area (TPSA) is 98.8 Å². The van der Waals surface area contributed by atoms with Gasteiger partial charge in [0.15, 0.2) is 0 Å². The molecule has 0 radical (unpaired) electrons. The van der Waals surface area contributed by atoms with Gasteiger partial charge in [0.1, 0.15) is 0 Å². The Morgan fingerprint density at radius 2 is 1.83 bits per heavy atom. The molecule has 1 saturated carbocycles. The standard InChI is InChI=1S/C21H32N4O4S/c1-3-24(4-2)30(28,29)18-9-10-19-17(13-18)11-12-25(19)20(26)15-23-21(27)22-14-16-7-5-6-8-16/h9-10,13,16H,3-8,11-12,14-15H2,1-2H3,(H2,22,23,27). The number of sulfonamides is 1. The van der Waals surface area contributed by atoms with Gasteiger partial charge in [-0.2, -0.15) is 4.31 Å². The van der Waals surface area contributed by atoms with Crippen LogP contribution < -0.4 is 15.5 Å². The zero-order valence-electron chi connectivity index (χ0n) is 17.8. The minimum absolute atomic E-state index is 0.0879. The molecule has 166 valence electrons. The van der Waals surface area contributed by atoms with Crippen LogP contribution in [0.3, 0.4) is 0 Å². The molecule has 0 saturated heterocycles. The van der Waals surface area contributed by atoms with E-state index in [1.54, 1.807) is 23.1 Å². The van der Waals surface area contributed by atoms with Gasteiger partial charge in [-0.1, -0.05) is 26.7 Å². The van der Waals surface area contributed by atoms with Crippen molar-refractivity contribution in [2.45, 2.75) is 50.8 Å². The van der Waals surface area contributed by atoms with Gasteiger partial charge in [-0.05, 0) is 48.9 Å². The van der Waals surface area contributed by atoms with E-state index in [-0.39, 0.29) is 23.4 Å². The lowest BCUT2D eigenvalue weighted by Gasteiger charge is -2.20. The van der Waals surface area contributed by atoms with Crippen molar-refractivity contribution in [2.75, 3.05) is 37.6 Å². The van der Waals surface area contributed by atoms with Crippen molar-refractivity contribution >= 4 is 27.6 Å². The number of nitrogens with one attached hydrogen (secondary N) is 2. The van der Waals surface area contributed by atoms with Gasteiger partial charge in [-0.25, -0.2) is 13.2 Å². The first-order valence-corrected chi connectivity index (χ1v) is 12.3. The van der Waals surface area contributed by atoms with Crippen molar-refractivity contribution in [3.05, 3.63) is 23.8 Å². The molecule has 2 aliphatic rings. The summed E-state index contributed by atoms with van der Waals surface area (Å²) in [6, 6.07) is 4.59. The van der Waals surface area contributed by atoms with E-state index in [0.29, 0.717) is 44.2 Å².